The highest BCUT2D eigenvalue weighted by atomic mass is 15.1. The second-order valence-corrected chi connectivity index (χ2v) is 7.51. The van der Waals surface area contributed by atoms with Gasteiger partial charge in [-0.3, -0.25) is 0 Å². The van der Waals surface area contributed by atoms with Crippen LogP contribution in [0.25, 0.3) is 10.9 Å². The molecule has 0 spiro atoms. The van der Waals surface area contributed by atoms with Gasteiger partial charge >= 0.3 is 0 Å². The molecule has 2 heteroatoms. The highest BCUT2D eigenvalue weighted by molar-refractivity contribution is 5.89. The molecule has 2 aromatic rings. The molecule has 3 heterocycles. The summed E-state index contributed by atoms with van der Waals surface area (Å²) in [6.07, 6.45) is 10.9. The Morgan fingerprint density at radius 1 is 1.00 bits per heavy atom. The van der Waals surface area contributed by atoms with Crippen molar-refractivity contribution >= 4 is 10.9 Å². The van der Waals surface area contributed by atoms with Gasteiger partial charge in [-0.1, -0.05) is 37.5 Å². The lowest BCUT2D eigenvalue weighted by atomic mass is 9.80. The van der Waals surface area contributed by atoms with Crippen molar-refractivity contribution < 1.29 is 0 Å². The molecule has 1 aromatic carbocycles. The Kier molecular flexibility index (Phi) is 3.07. The summed E-state index contributed by atoms with van der Waals surface area (Å²) in [5.41, 5.74) is 6.50. The van der Waals surface area contributed by atoms with Gasteiger partial charge in [0.05, 0.1) is 11.6 Å². The van der Waals surface area contributed by atoms with Gasteiger partial charge in [0.25, 0.3) is 0 Å². The molecule has 3 aliphatic rings. The average molecular weight is 294 g/mol. The lowest BCUT2D eigenvalue weighted by Crippen LogP contribution is -2.37. The predicted molar refractivity (Wildman–Crippen MR) is 91.3 cm³/mol. The molecule has 2 nitrogen and oxygen atoms in total. The predicted octanol–water partition coefficient (Wildman–Crippen LogP) is 4.35. The third kappa shape index (κ3) is 1.83. The van der Waals surface area contributed by atoms with Crippen molar-refractivity contribution in [3.05, 3.63) is 35.0 Å². The van der Waals surface area contributed by atoms with Crippen LogP contribution in [-0.4, -0.2) is 11.1 Å². The van der Waals surface area contributed by atoms with E-state index in [4.69, 9.17) is 0 Å². The molecule has 0 amide bonds. The van der Waals surface area contributed by atoms with Crippen molar-refractivity contribution in [1.29, 1.82) is 0 Å². The fraction of sp³-hybridized carbons (Fsp3) is 0.600. The summed E-state index contributed by atoms with van der Waals surface area (Å²) >= 11 is 0. The smallest absolute Gasteiger partial charge is 0.0518 e. The summed E-state index contributed by atoms with van der Waals surface area (Å²) in [5, 5.41) is 5.47. The van der Waals surface area contributed by atoms with E-state index in [1.165, 1.54) is 57.9 Å². The van der Waals surface area contributed by atoms with E-state index in [1.54, 1.807) is 27.7 Å². The number of rotatable bonds is 1. The van der Waals surface area contributed by atoms with Gasteiger partial charge in [-0.05, 0) is 55.7 Å². The molecule has 1 aliphatic carbocycles. The number of benzene rings is 1. The minimum absolute atomic E-state index is 0.613. The Morgan fingerprint density at radius 2 is 1.91 bits per heavy atom. The summed E-state index contributed by atoms with van der Waals surface area (Å²) in [7, 11) is 0. The molecule has 1 fully saturated rings. The topological polar surface area (TPSA) is 17.0 Å². The van der Waals surface area contributed by atoms with Crippen molar-refractivity contribution in [1.82, 2.24) is 9.88 Å². The summed E-state index contributed by atoms with van der Waals surface area (Å²) in [6.45, 7) is 2.39. The molecule has 0 radical (unpaired) electrons. The van der Waals surface area contributed by atoms with Gasteiger partial charge in [0.2, 0.25) is 0 Å². The first-order valence-corrected chi connectivity index (χ1v) is 9.30. The monoisotopic (exact) mass is 294 g/mol. The molecule has 22 heavy (non-hydrogen) atoms. The number of hydrogen-bond donors (Lipinski definition) is 1. The van der Waals surface area contributed by atoms with Gasteiger partial charge in [0.1, 0.15) is 0 Å². The molecule has 0 saturated heterocycles. The number of aromatic nitrogens is 1. The minimum atomic E-state index is 0.613. The SMILES string of the molecule is c1cc2c3c(c1)c1c(n3CCC2)[C@@H](C2CCCCC2)NCC1. The Balaban J connectivity index is 1.70. The molecule has 0 unspecified atom stereocenters. The normalized spacial score (nSPS) is 25.4. The van der Waals surface area contributed by atoms with Gasteiger partial charge in [0.15, 0.2) is 0 Å². The van der Waals surface area contributed by atoms with Crippen LogP contribution in [-0.2, 0) is 19.4 Å². The van der Waals surface area contributed by atoms with Crippen LogP contribution in [0.3, 0.4) is 0 Å². The first-order valence-electron chi connectivity index (χ1n) is 9.30. The molecule has 116 valence electrons. The Hall–Kier alpha value is -1.28. The molecule has 1 atom stereocenters. The van der Waals surface area contributed by atoms with E-state index in [0.717, 1.165) is 12.5 Å². The largest absolute Gasteiger partial charge is 0.343 e. The Labute approximate surface area is 132 Å². The first kappa shape index (κ1) is 13.2. The molecule has 2 aliphatic heterocycles. The third-order valence-electron chi connectivity index (χ3n) is 6.30. The van der Waals surface area contributed by atoms with Gasteiger partial charge in [0, 0.05) is 17.6 Å². The van der Waals surface area contributed by atoms with Crippen LogP contribution < -0.4 is 5.32 Å². The van der Waals surface area contributed by atoms with Crippen LogP contribution in [0, 0.1) is 5.92 Å². The van der Waals surface area contributed by atoms with Crippen LogP contribution in [0.1, 0.15) is 61.4 Å². The third-order valence-corrected chi connectivity index (χ3v) is 6.30. The van der Waals surface area contributed by atoms with Crippen LogP contribution in [0.15, 0.2) is 18.2 Å². The van der Waals surface area contributed by atoms with Gasteiger partial charge < -0.3 is 9.88 Å². The highest BCUT2D eigenvalue weighted by Crippen LogP contribution is 2.43. The lowest BCUT2D eigenvalue weighted by molar-refractivity contribution is 0.255. The van der Waals surface area contributed by atoms with Crippen molar-refractivity contribution in [3.63, 3.8) is 0 Å². The van der Waals surface area contributed by atoms with Gasteiger partial charge in [-0.2, -0.15) is 0 Å². The Bertz CT molecular complexity index is 706. The number of hydrogen-bond acceptors (Lipinski definition) is 1. The zero-order chi connectivity index (χ0) is 14.5. The summed E-state index contributed by atoms with van der Waals surface area (Å²) in [5.74, 6) is 0.860. The highest BCUT2D eigenvalue weighted by Gasteiger charge is 2.34. The quantitative estimate of drug-likeness (QED) is 0.827. The standard InChI is InChI=1S/C20H26N2/c1-2-6-14(7-3-1)18-20-17(11-12-21-18)16-10-4-8-15-9-5-13-22(20)19(15)16/h4,8,10,14,18,21H,1-3,5-7,9,11-13H2/t18-/m1/s1. The van der Waals surface area contributed by atoms with Crippen LogP contribution >= 0.6 is 0 Å². The number of nitrogens with one attached hydrogen (secondary N) is 1. The summed E-state index contributed by atoms with van der Waals surface area (Å²) < 4.78 is 2.70. The molecular weight excluding hydrogens is 268 g/mol. The van der Waals surface area contributed by atoms with E-state index in [0.29, 0.717) is 6.04 Å². The van der Waals surface area contributed by atoms with E-state index in [9.17, 15) is 0 Å². The number of aryl methyl sites for hydroxylation is 2. The first-order chi connectivity index (χ1) is 10.9. The molecule has 1 aromatic heterocycles. The summed E-state index contributed by atoms with van der Waals surface area (Å²) in [6, 6.07) is 7.63. The molecule has 1 N–H and O–H groups in total. The molecule has 1 saturated carbocycles. The van der Waals surface area contributed by atoms with Crippen LogP contribution in [0.2, 0.25) is 0 Å². The van der Waals surface area contributed by atoms with Gasteiger partial charge in [-0.15, -0.1) is 0 Å². The maximum atomic E-state index is 3.90. The van der Waals surface area contributed by atoms with E-state index in [1.807, 2.05) is 0 Å². The van der Waals surface area contributed by atoms with Crippen molar-refractivity contribution in [2.45, 2.75) is 64.0 Å². The van der Waals surface area contributed by atoms with E-state index in [2.05, 4.69) is 28.1 Å². The second-order valence-electron chi connectivity index (χ2n) is 7.51. The van der Waals surface area contributed by atoms with Crippen molar-refractivity contribution in [2.75, 3.05) is 6.54 Å². The number of fused-ring (bicyclic) bond motifs is 3. The second kappa shape index (κ2) is 5.13. The van der Waals surface area contributed by atoms with E-state index < -0.39 is 0 Å². The zero-order valence-electron chi connectivity index (χ0n) is 13.4. The van der Waals surface area contributed by atoms with E-state index >= 15 is 0 Å². The lowest BCUT2D eigenvalue weighted by Gasteiger charge is -2.36. The zero-order valence-corrected chi connectivity index (χ0v) is 13.4. The van der Waals surface area contributed by atoms with Crippen molar-refractivity contribution in [3.8, 4) is 0 Å². The average Bonchev–Trinajstić information content (AvgIpc) is 2.93. The molecule has 0 bridgehead atoms. The van der Waals surface area contributed by atoms with E-state index in [-0.39, 0.29) is 0 Å². The fourth-order valence-corrected chi connectivity index (χ4v) is 5.36. The Morgan fingerprint density at radius 3 is 2.82 bits per heavy atom. The fourth-order valence-electron chi connectivity index (χ4n) is 5.36. The summed E-state index contributed by atoms with van der Waals surface area (Å²) in [4.78, 5) is 0. The molecule has 5 rings (SSSR count). The van der Waals surface area contributed by atoms with Crippen LogP contribution in [0.5, 0.6) is 0 Å². The maximum Gasteiger partial charge on any atom is 0.0518 e. The van der Waals surface area contributed by atoms with Crippen LogP contribution in [0.4, 0.5) is 0 Å². The molecular formula is C20H26N2. The maximum absolute atomic E-state index is 3.90. The van der Waals surface area contributed by atoms with Gasteiger partial charge in [-0.25, -0.2) is 0 Å². The number of nitrogens with zero attached hydrogens (tertiary/aromatic N) is 1. The number of para-hydroxylation sites is 1. The van der Waals surface area contributed by atoms with Crippen molar-refractivity contribution in [2.24, 2.45) is 5.92 Å². The minimum Gasteiger partial charge on any atom is -0.343 e.